The molecule has 0 fully saturated rings. The van der Waals surface area contributed by atoms with Crippen molar-refractivity contribution in [2.75, 3.05) is 11.1 Å². The Morgan fingerprint density at radius 3 is 2.74 bits per heavy atom. The average molecular weight is 265 g/mol. The Hall–Kier alpha value is -2.97. The quantitative estimate of drug-likeness (QED) is 0.637. The number of benzene rings is 1. The summed E-state index contributed by atoms with van der Waals surface area (Å²) in [7, 11) is 0. The van der Waals surface area contributed by atoms with Crippen molar-refractivity contribution in [1.82, 2.24) is 15.2 Å². The summed E-state index contributed by atoms with van der Waals surface area (Å²) in [4.78, 5) is 26.2. The standard InChI is InChI=1S/C10H8FN5O3/c11-4-2-1-3-5(6(4)9(18)19)13-8(17)7-14-10(12)16-15-7/h1-3H,(H,13,17)(H,18,19)(H3,12,14,15,16). The highest BCUT2D eigenvalue weighted by Crippen LogP contribution is 2.19. The minimum atomic E-state index is -1.49. The average Bonchev–Trinajstić information content (AvgIpc) is 2.75. The van der Waals surface area contributed by atoms with Crippen LogP contribution in [-0.2, 0) is 0 Å². The molecular weight excluding hydrogens is 257 g/mol. The Kier molecular flexibility index (Phi) is 3.10. The first-order valence-corrected chi connectivity index (χ1v) is 5.00. The van der Waals surface area contributed by atoms with Gasteiger partial charge in [0.1, 0.15) is 11.4 Å². The molecule has 0 spiro atoms. The van der Waals surface area contributed by atoms with Gasteiger partial charge < -0.3 is 16.2 Å². The van der Waals surface area contributed by atoms with E-state index in [1.54, 1.807) is 0 Å². The van der Waals surface area contributed by atoms with E-state index in [-0.39, 0.29) is 17.5 Å². The molecule has 1 aromatic heterocycles. The van der Waals surface area contributed by atoms with Crippen LogP contribution in [0.1, 0.15) is 21.0 Å². The van der Waals surface area contributed by atoms with Gasteiger partial charge in [0.2, 0.25) is 11.8 Å². The molecule has 0 radical (unpaired) electrons. The molecule has 0 aliphatic heterocycles. The van der Waals surface area contributed by atoms with Crippen LogP contribution < -0.4 is 11.1 Å². The fraction of sp³-hybridized carbons (Fsp3) is 0. The van der Waals surface area contributed by atoms with Gasteiger partial charge in [0.15, 0.2) is 0 Å². The van der Waals surface area contributed by atoms with Gasteiger partial charge in [-0.15, -0.1) is 5.10 Å². The lowest BCUT2D eigenvalue weighted by molar-refractivity contribution is 0.0693. The second kappa shape index (κ2) is 4.72. The van der Waals surface area contributed by atoms with E-state index in [4.69, 9.17) is 10.8 Å². The third-order valence-electron chi connectivity index (χ3n) is 2.19. The molecular formula is C10H8FN5O3. The Morgan fingerprint density at radius 1 is 1.42 bits per heavy atom. The van der Waals surface area contributed by atoms with E-state index < -0.39 is 23.3 Å². The molecule has 1 amide bonds. The van der Waals surface area contributed by atoms with Gasteiger partial charge >= 0.3 is 5.97 Å². The number of nitrogens with two attached hydrogens (primary N) is 1. The summed E-state index contributed by atoms with van der Waals surface area (Å²) < 4.78 is 13.4. The largest absolute Gasteiger partial charge is 0.478 e. The van der Waals surface area contributed by atoms with Crippen LogP contribution in [-0.4, -0.2) is 32.2 Å². The maximum absolute atomic E-state index is 13.4. The molecule has 19 heavy (non-hydrogen) atoms. The lowest BCUT2D eigenvalue weighted by Crippen LogP contribution is -2.17. The summed E-state index contributed by atoms with van der Waals surface area (Å²) in [6.45, 7) is 0. The van der Waals surface area contributed by atoms with Crippen molar-refractivity contribution >= 4 is 23.5 Å². The summed E-state index contributed by atoms with van der Waals surface area (Å²) in [5, 5.41) is 16.8. The maximum atomic E-state index is 13.4. The zero-order valence-electron chi connectivity index (χ0n) is 9.35. The van der Waals surface area contributed by atoms with Crippen molar-refractivity contribution in [2.45, 2.75) is 0 Å². The van der Waals surface area contributed by atoms with Crippen molar-refractivity contribution in [2.24, 2.45) is 0 Å². The predicted octanol–water partition coefficient (Wildman–Crippen LogP) is 0.476. The van der Waals surface area contributed by atoms with Gasteiger partial charge in [0, 0.05) is 0 Å². The van der Waals surface area contributed by atoms with Crippen molar-refractivity contribution in [3.8, 4) is 0 Å². The highest BCUT2D eigenvalue weighted by Gasteiger charge is 2.19. The zero-order valence-corrected chi connectivity index (χ0v) is 9.35. The van der Waals surface area contributed by atoms with Crippen LogP contribution >= 0.6 is 0 Å². The topological polar surface area (TPSA) is 134 Å². The van der Waals surface area contributed by atoms with Gasteiger partial charge in [-0.05, 0) is 12.1 Å². The molecule has 8 nitrogen and oxygen atoms in total. The second-order valence-corrected chi connectivity index (χ2v) is 3.46. The van der Waals surface area contributed by atoms with Crippen LogP contribution in [0.5, 0.6) is 0 Å². The Bertz CT molecular complexity index is 654. The molecule has 1 heterocycles. The number of carboxylic acids is 1. The van der Waals surface area contributed by atoms with E-state index in [0.717, 1.165) is 6.07 Å². The number of halogens is 1. The van der Waals surface area contributed by atoms with Crippen LogP contribution in [0.3, 0.4) is 0 Å². The number of hydrogen-bond acceptors (Lipinski definition) is 5. The Balaban J connectivity index is 2.31. The molecule has 5 N–H and O–H groups in total. The highest BCUT2D eigenvalue weighted by molar-refractivity contribution is 6.06. The molecule has 0 unspecified atom stereocenters. The molecule has 0 bridgehead atoms. The summed E-state index contributed by atoms with van der Waals surface area (Å²) >= 11 is 0. The van der Waals surface area contributed by atoms with Crippen molar-refractivity contribution in [3.05, 3.63) is 35.4 Å². The Morgan fingerprint density at radius 2 is 2.16 bits per heavy atom. The lowest BCUT2D eigenvalue weighted by Gasteiger charge is -2.07. The van der Waals surface area contributed by atoms with Gasteiger partial charge in [-0.25, -0.2) is 9.18 Å². The van der Waals surface area contributed by atoms with Crippen LogP contribution in [0, 0.1) is 5.82 Å². The highest BCUT2D eigenvalue weighted by atomic mass is 19.1. The number of aromatic carboxylic acids is 1. The second-order valence-electron chi connectivity index (χ2n) is 3.46. The number of amides is 1. The third kappa shape index (κ3) is 2.49. The number of hydrogen-bond donors (Lipinski definition) is 4. The first-order valence-electron chi connectivity index (χ1n) is 5.00. The fourth-order valence-corrected chi connectivity index (χ4v) is 1.40. The number of rotatable bonds is 3. The number of carbonyl (C=O) groups excluding carboxylic acids is 1. The monoisotopic (exact) mass is 265 g/mol. The fourth-order valence-electron chi connectivity index (χ4n) is 1.40. The number of carboxylic acid groups (broad SMARTS) is 1. The molecule has 0 saturated heterocycles. The van der Waals surface area contributed by atoms with Crippen molar-refractivity contribution in [3.63, 3.8) is 0 Å². The normalized spacial score (nSPS) is 10.2. The molecule has 0 aliphatic carbocycles. The first kappa shape index (κ1) is 12.5. The van der Waals surface area contributed by atoms with Gasteiger partial charge in [-0.1, -0.05) is 6.07 Å². The lowest BCUT2D eigenvalue weighted by atomic mass is 10.1. The van der Waals surface area contributed by atoms with Gasteiger partial charge in [0.25, 0.3) is 5.91 Å². The van der Waals surface area contributed by atoms with E-state index in [2.05, 4.69) is 20.5 Å². The number of carbonyl (C=O) groups is 2. The smallest absolute Gasteiger partial charge is 0.340 e. The minimum Gasteiger partial charge on any atom is -0.478 e. The van der Waals surface area contributed by atoms with E-state index in [0.29, 0.717) is 0 Å². The first-order chi connectivity index (χ1) is 8.99. The van der Waals surface area contributed by atoms with Gasteiger partial charge in [-0.2, -0.15) is 4.98 Å². The number of nitrogens with zero attached hydrogens (tertiary/aromatic N) is 2. The number of nitrogens with one attached hydrogen (secondary N) is 2. The van der Waals surface area contributed by atoms with E-state index >= 15 is 0 Å². The molecule has 9 heteroatoms. The summed E-state index contributed by atoms with van der Waals surface area (Å²) in [6, 6.07) is 3.50. The SMILES string of the molecule is Nc1n[nH]c(C(=O)Nc2cccc(F)c2C(=O)O)n1. The Labute approximate surface area is 105 Å². The van der Waals surface area contributed by atoms with Crippen LogP contribution in [0.2, 0.25) is 0 Å². The van der Waals surface area contributed by atoms with Crippen molar-refractivity contribution < 1.29 is 19.1 Å². The molecule has 1 aromatic carbocycles. The number of anilines is 2. The maximum Gasteiger partial charge on any atom is 0.340 e. The van der Waals surface area contributed by atoms with Crippen LogP contribution in [0.4, 0.5) is 16.0 Å². The van der Waals surface area contributed by atoms with Crippen LogP contribution in [0.15, 0.2) is 18.2 Å². The molecule has 98 valence electrons. The zero-order chi connectivity index (χ0) is 14.0. The number of H-pyrrole nitrogens is 1. The number of aromatic amines is 1. The molecule has 2 aromatic rings. The van der Waals surface area contributed by atoms with E-state index in [9.17, 15) is 14.0 Å². The van der Waals surface area contributed by atoms with E-state index in [1.807, 2.05) is 0 Å². The number of nitrogen functional groups attached to an aromatic ring is 1. The molecule has 0 saturated carbocycles. The summed E-state index contributed by atoms with van der Waals surface area (Å²) in [6.07, 6.45) is 0. The summed E-state index contributed by atoms with van der Waals surface area (Å²) in [5.41, 5.74) is 4.40. The van der Waals surface area contributed by atoms with E-state index in [1.165, 1.54) is 12.1 Å². The minimum absolute atomic E-state index is 0.136. The summed E-state index contributed by atoms with van der Waals surface area (Å²) in [5.74, 6) is -3.58. The number of aromatic nitrogens is 3. The van der Waals surface area contributed by atoms with Crippen LogP contribution in [0.25, 0.3) is 0 Å². The predicted molar refractivity (Wildman–Crippen MR) is 62.1 cm³/mol. The molecule has 0 atom stereocenters. The van der Waals surface area contributed by atoms with Gasteiger partial charge in [0.05, 0.1) is 5.69 Å². The van der Waals surface area contributed by atoms with Gasteiger partial charge in [-0.3, -0.25) is 9.89 Å². The third-order valence-corrected chi connectivity index (χ3v) is 2.19. The van der Waals surface area contributed by atoms with Crippen molar-refractivity contribution in [1.29, 1.82) is 0 Å². The molecule has 2 rings (SSSR count). The molecule has 0 aliphatic rings.